The second kappa shape index (κ2) is 5.34. The van der Waals surface area contributed by atoms with Crippen molar-refractivity contribution in [3.05, 3.63) is 34.6 Å². The normalized spacial score (nSPS) is 24.9. The Labute approximate surface area is 106 Å². The summed E-state index contributed by atoms with van der Waals surface area (Å²) in [6, 6.07) is 4.72. The third-order valence-corrected chi connectivity index (χ3v) is 3.86. The van der Waals surface area contributed by atoms with Crippen molar-refractivity contribution < 1.29 is 9.50 Å². The lowest BCUT2D eigenvalue weighted by atomic mass is 9.76. The highest BCUT2D eigenvalue weighted by Crippen LogP contribution is 2.33. The summed E-state index contributed by atoms with van der Waals surface area (Å²) >= 11 is 6.03. The lowest BCUT2D eigenvalue weighted by Crippen LogP contribution is -2.44. The van der Waals surface area contributed by atoms with Gasteiger partial charge >= 0.3 is 0 Å². The molecule has 1 heterocycles. The molecule has 4 heteroatoms. The lowest BCUT2D eigenvalue weighted by molar-refractivity contribution is 0.0939. The topological polar surface area (TPSA) is 32.3 Å². The van der Waals surface area contributed by atoms with Gasteiger partial charge in [0.05, 0.1) is 6.61 Å². The van der Waals surface area contributed by atoms with Gasteiger partial charge in [-0.05, 0) is 37.9 Å². The van der Waals surface area contributed by atoms with Crippen LogP contribution in [0.25, 0.3) is 0 Å². The number of halogens is 2. The van der Waals surface area contributed by atoms with E-state index in [1.807, 2.05) is 0 Å². The third-order valence-electron chi connectivity index (χ3n) is 3.51. The molecule has 1 aromatic carbocycles. The van der Waals surface area contributed by atoms with Gasteiger partial charge in [-0.1, -0.05) is 17.7 Å². The summed E-state index contributed by atoms with van der Waals surface area (Å²) in [5, 5.41) is 13.3. The van der Waals surface area contributed by atoms with E-state index < -0.39 is 0 Å². The Morgan fingerprint density at radius 2 is 2.29 bits per heavy atom. The minimum Gasteiger partial charge on any atom is -0.396 e. The lowest BCUT2D eigenvalue weighted by Gasteiger charge is -2.36. The maximum absolute atomic E-state index is 13.7. The van der Waals surface area contributed by atoms with E-state index in [0.717, 1.165) is 19.4 Å². The fraction of sp³-hybridized carbons (Fsp3) is 0.538. The molecule has 1 aliphatic heterocycles. The number of aliphatic hydroxyl groups excluding tert-OH is 1. The van der Waals surface area contributed by atoms with Gasteiger partial charge in [-0.15, -0.1) is 0 Å². The minimum absolute atomic E-state index is 0.0602. The van der Waals surface area contributed by atoms with Gasteiger partial charge in [-0.25, -0.2) is 4.39 Å². The monoisotopic (exact) mass is 257 g/mol. The number of hydrogen-bond acceptors (Lipinski definition) is 2. The van der Waals surface area contributed by atoms with E-state index >= 15 is 0 Å². The Morgan fingerprint density at radius 3 is 2.88 bits per heavy atom. The van der Waals surface area contributed by atoms with Crippen LogP contribution < -0.4 is 5.32 Å². The van der Waals surface area contributed by atoms with Gasteiger partial charge in [0.1, 0.15) is 5.82 Å². The summed E-state index contributed by atoms with van der Waals surface area (Å²) in [6.45, 7) is 1.74. The molecule has 17 heavy (non-hydrogen) atoms. The molecule has 0 aliphatic carbocycles. The van der Waals surface area contributed by atoms with Crippen molar-refractivity contribution in [2.24, 2.45) is 5.41 Å². The Kier molecular flexibility index (Phi) is 4.02. The van der Waals surface area contributed by atoms with Gasteiger partial charge < -0.3 is 10.4 Å². The van der Waals surface area contributed by atoms with Crippen molar-refractivity contribution >= 4 is 11.6 Å². The van der Waals surface area contributed by atoms with E-state index in [0.29, 0.717) is 23.6 Å². The van der Waals surface area contributed by atoms with Gasteiger partial charge in [-0.2, -0.15) is 0 Å². The molecular formula is C13H17ClFNO. The predicted molar refractivity (Wildman–Crippen MR) is 66.7 cm³/mol. The highest BCUT2D eigenvalue weighted by molar-refractivity contribution is 6.31. The molecule has 1 aliphatic rings. The van der Waals surface area contributed by atoms with E-state index in [9.17, 15) is 9.50 Å². The van der Waals surface area contributed by atoms with Crippen LogP contribution in [0.4, 0.5) is 4.39 Å². The van der Waals surface area contributed by atoms with Crippen LogP contribution in [0.2, 0.25) is 5.02 Å². The Balaban J connectivity index is 2.23. The summed E-state index contributed by atoms with van der Waals surface area (Å²) in [5.41, 5.74) is 0.247. The minimum atomic E-state index is -0.282. The largest absolute Gasteiger partial charge is 0.396 e. The van der Waals surface area contributed by atoms with Crippen molar-refractivity contribution in [3.8, 4) is 0 Å². The molecular weight excluding hydrogens is 241 g/mol. The molecule has 0 spiro atoms. The highest BCUT2D eigenvalue weighted by atomic mass is 35.5. The third kappa shape index (κ3) is 2.79. The van der Waals surface area contributed by atoms with Crippen LogP contribution in [0.15, 0.2) is 18.2 Å². The number of piperidine rings is 1. The molecule has 2 rings (SSSR count). The second-order valence-electron chi connectivity index (χ2n) is 4.82. The predicted octanol–water partition coefficient (Wildman–Crippen LogP) is 2.38. The standard InChI is InChI=1S/C13H17ClFNO/c14-11-3-1-4-12(15)10(11)7-13(9-17)5-2-6-16-8-13/h1,3-4,16-17H,2,5-9H2. The van der Waals surface area contributed by atoms with E-state index in [4.69, 9.17) is 11.6 Å². The molecule has 0 aromatic heterocycles. The van der Waals surface area contributed by atoms with Gasteiger partial charge in [0.25, 0.3) is 0 Å². The van der Waals surface area contributed by atoms with Crippen molar-refractivity contribution in [2.45, 2.75) is 19.3 Å². The van der Waals surface area contributed by atoms with E-state index in [2.05, 4.69) is 5.32 Å². The summed E-state index contributed by atoms with van der Waals surface area (Å²) in [5.74, 6) is -0.282. The fourth-order valence-electron chi connectivity index (χ4n) is 2.45. The first kappa shape index (κ1) is 12.8. The zero-order valence-corrected chi connectivity index (χ0v) is 10.4. The molecule has 0 bridgehead atoms. The number of nitrogens with one attached hydrogen (secondary N) is 1. The summed E-state index contributed by atoms with van der Waals surface area (Å²) in [6.07, 6.45) is 2.40. The molecule has 0 saturated carbocycles. The molecule has 2 nitrogen and oxygen atoms in total. The molecule has 0 radical (unpaired) electrons. The Hall–Kier alpha value is -0.640. The maximum Gasteiger partial charge on any atom is 0.127 e. The zero-order chi connectivity index (χ0) is 12.3. The Morgan fingerprint density at radius 1 is 1.47 bits per heavy atom. The first-order valence-electron chi connectivity index (χ1n) is 5.91. The molecule has 0 amide bonds. The van der Waals surface area contributed by atoms with Crippen LogP contribution in [-0.2, 0) is 6.42 Å². The molecule has 1 atom stereocenters. The first-order valence-corrected chi connectivity index (χ1v) is 6.29. The highest BCUT2D eigenvalue weighted by Gasteiger charge is 2.33. The van der Waals surface area contributed by atoms with Crippen molar-refractivity contribution in [2.75, 3.05) is 19.7 Å². The average molecular weight is 258 g/mol. The smallest absolute Gasteiger partial charge is 0.127 e. The molecule has 1 saturated heterocycles. The van der Waals surface area contributed by atoms with Crippen LogP contribution >= 0.6 is 11.6 Å². The van der Waals surface area contributed by atoms with Crippen LogP contribution in [0, 0.1) is 11.2 Å². The second-order valence-corrected chi connectivity index (χ2v) is 5.22. The number of aliphatic hydroxyl groups is 1. The maximum atomic E-state index is 13.7. The van der Waals surface area contributed by atoms with Gasteiger partial charge in [0, 0.05) is 22.5 Å². The van der Waals surface area contributed by atoms with Crippen molar-refractivity contribution in [1.29, 1.82) is 0 Å². The number of rotatable bonds is 3. The first-order chi connectivity index (χ1) is 8.17. The van der Waals surface area contributed by atoms with Crippen LogP contribution in [-0.4, -0.2) is 24.8 Å². The Bertz CT molecular complexity index is 371. The van der Waals surface area contributed by atoms with Gasteiger partial charge in [-0.3, -0.25) is 0 Å². The molecule has 1 aromatic rings. The molecule has 1 unspecified atom stereocenters. The van der Waals surface area contributed by atoms with Crippen molar-refractivity contribution in [1.82, 2.24) is 5.32 Å². The van der Waals surface area contributed by atoms with E-state index in [-0.39, 0.29) is 17.8 Å². The van der Waals surface area contributed by atoms with Crippen molar-refractivity contribution in [3.63, 3.8) is 0 Å². The number of hydrogen-bond donors (Lipinski definition) is 2. The molecule has 1 fully saturated rings. The SMILES string of the molecule is OCC1(Cc2c(F)cccc2Cl)CCCNC1. The summed E-state index contributed by atoms with van der Waals surface area (Å²) in [4.78, 5) is 0. The zero-order valence-electron chi connectivity index (χ0n) is 9.68. The quantitative estimate of drug-likeness (QED) is 0.872. The average Bonchev–Trinajstić information content (AvgIpc) is 2.35. The van der Waals surface area contributed by atoms with Crippen LogP contribution in [0.1, 0.15) is 18.4 Å². The molecule has 94 valence electrons. The van der Waals surface area contributed by atoms with Gasteiger partial charge in [0.2, 0.25) is 0 Å². The number of benzene rings is 1. The summed E-state index contributed by atoms with van der Waals surface area (Å²) in [7, 11) is 0. The summed E-state index contributed by atoms with van der Waals surface area (Å²) < 4.78 is 13.7. The fourth-order valence-corrected chi connectivity index (χ4v) is 2.68. The van der Waals surface area contributed by atoms with E-state index in [1.165, 1.54) is 6.07 Å². The van der Waals surface area contributed by atoms with Gasteiger partial charge in [0.15, 0.2) is 0 Å². The van der Waals surface area contributed by atoms with E-state index in [1.54, 1.807) is 12.1 Å². The van der Waals surface area contributed by atoms with Crippen LogP contribution in [0.5, 0.6) is 0 Å². The molecule has 2 N–H and O–H groups in total. The van der Waals surface area contributed by atoms with Crippen LogP contribution in [0.3, 0.4) is 0 Å².